The number of amides is 1. The SMILES string of the molecule is CCCOc1ccc(-c2nc(C(=O)N(CCC)CC(=O)O)cs2)cc1. The van der Waals surface area contributed by atoms with Crippen molar-refractivity contribution in [1.82, 2.24) is 9.88 Å². The fourth-order valence-electron chi connectivity index (χ4n) is 2.27. The summed E-state index contributed by atoms with van der Waals surface area (Å²) < 4.78 is 5.55. The highest BCUT2D eigenvalue weighted by atomic mass is 32.1. The third kappa shape index (κ3) is 5.29. The smallest absolute Gasteiger partial charge is 0.323 e. The van der Waals surface area contributed by atoms with Gasteiger partial charge in [0.05, 0.1) is 6.61 Å². The highest BCUT2D eigenvalue weighted by molar-refractivity contribution is 7.13. The van der Waals surface area contributed by atoms with E-state index in [0.29, 0.717) is 19.6 Å². The van der Waals surface area contributed by atoms with Gasteiger partial charge in [0.25, 0.3) is 5.91 Å². The van der Waals surface area contributed by atoms with Crippen molar-refractivity contribution in [2.45, 2.75) is 26.7 Å². The molecule has 0 radical (unpaired) electrons. The van der Waals surface area contributed by atoms with Crippen molar-refractivity contribution < 1.29 is 19.4 Å². The van der Waals surface area contributed by atoms with E-state index in [0.717, 1.165) is 22.7 Å². The van der Waals surface area contributed by atoms with Crippen LogP contribution < -0.4 is 4.74 Å². The van der Waals surface area contributed by atoms with Gasteiger partial charge >= 0.3 is 5.97 Å². The number of benzene rings is 1. The highest BCUT2D eigenvalue weighted by Gasteiger charge is 2.20. The number of ether oxygens (including phenoxy) is 1. The number of hydrogen-bond acceptors (Lipinski definition) is 5. The number of carboxylic acid groups (broad SMARTS) is 1. The van der Waals surface area contributed by atoms with Crippen LogP contribution in [0.25, 0.3) is 10.6 Å². The van der Waals surface area contributed by atoms with E-state index in [9.17, 15) is 9.59 Å². The molecule has 25 heavy (non-hydrogen) atoms. The fraction of sp³-hybridized carbons (Fsp3) is 0.389. The molecule has 1 aromatic heterocycles. The van der Waals surface area contributed by atoms with Crippen LogP contribution in [0.15, 0.2) is 29.6 Å². The van der Waals surface area contributed by atoms with Crippen LogP contribution in [-0.4, -0.2) is 46.6 Å². The van der Waals surface area contributed by atoms with Gasteiger partial charge in [-0.1, -0.05) is 13.8 Å². The molecule has 1 heterocycles. The summed E-state index contributed by atoms with van der Waals surface area (Å²) in [5.74, 6) is -0.580. The Morgan fingerprint density at radius 2 is 1.92 bits per heavy atom. The van der Waals surface area contributed by atoms with E-state index in [-0.39, 0.29) is 18.1 Å². The second-order valence-electron chi connectivity index (χ2n) is 5.53. The Labute approximate surface area is 151 Å². The Morgan fingerprint density at radius 1 is 1.20 bits per heavy atom. The van der Waals surface area contributed by atoms with Crippen molar-refractivity contribution in [2.24, 2.45) is 0 Å². The van der Waals surface area contributed by atoms with Crippen LogP contribution in [0.3, 0.4) is 0 Å². The van der Waals surface area contributed by atoms with Gasteiger partial charge in [0.15, 0.2) is 0 Å². The molecule has 0 fully saturated rings. The van der Waals surface area contributed by atoms with Crippen LogP contribution in [0.1, 0.15) is 37.2 Å². The van der Waals surface area contributed by atoms with Gasteiger partial charge in [-0.3, -0.25) is 9.59 Å². The molecule has 1 aromatic carbocycles. The lowest BCUT2D eigenvalue weighted by Crippen LogP contribution is -2.36. The van der Waals surface area contributed by atoms with Crippen molar-refractivity contribution in [2.75, 3.05) is 19.7 Å². The minimum absolute atomic E-state index is 0.279. The molecule has 2 aromatic rings. The van der Waals surface area contributed by atoms with E-state index < -0.39 is 5.97 Å². The second-order valence-corrected chi connectivity index (χ2v) is 6.39. The zero-order valence-electron chi connectivity index (χ0n) is 14.4. The van der Waals surface area contributed by atoms with Crippen LogP contribution in [0.5, 0.6) is 5.75 Å². The number of rotatable bonds is 9. The standard InChI is InChI=1S/C18H22N2O4S/c1-3-9-20(11-16(21)22)18(23)15-12-25-17(19-15)13-5-7-14(8-6-13)24-10-4-2/h5-8,12H,3-4,9-11H2,1-2H3,(H,21,22). The predicted molar refractivity (Wildman–Crippen MR) is 97.2 cm³/mol. The number of carbonyl (C=O) groups excluding carboxylic acids is 1. The Balaban J connectivity index is 2.12. The first kappa shape index (κ1) is 18.9. The number of carboxylic acids is 1. The molecule has 0 saturated carbocycles. The molecule has 134 valence electrons. The lowest BCUT2D eigenvalue weighted by molar-refractivity contribution is -0.137. The lowest BCUT2D eigenvalue weighted by atomic mass is 10.2. The molecule has 0 aliphatic carbocycles. The molecule has 0 saturated heterocycles. The van der Waals surface area contributed by atoms with Gasteiger partial charge in [0.1, 0.15) is 23.0 Å². The molecule has 0 aliphatic heterocycles. The zero-order chi connectivity index (χ0) is 18.2. The van der Waals surface area contributed by atoms with Crippen molar-refractivity contribution in [3.05, 3.63) is 35.3 Å². The minimum Gasteiger partial charge on any atom is -0.494 e. The molecule has 0 unspecified atom stereocenters. The van der Waals surface area contributed by atoms with Crippen molar-refractivity contribution in [3.63, 3.8) is 0 Å². The maximum absolute atomic E-state index is 12.5. The van der Waals surface area contributed by atoms with Gasteiger partial charge < -0.3 is 14.7 Å². The normalized spacial score (nSPS) is 10.5. The first-order chi connectivity index (χ1) is 12.0. The molecule has 7 heteroatoms. The average molecular weight is 362 g/mol. The summed E-state index contributed by atoms with van der Waals surface area (Å²) in [5, 5.41) is 11.3. The predicted octanol–water partition coefficient (Wildman–Crippen LogP) is 3.54. The summed E-state index contributed by atoms with van der Waals surface area (Å²) in [7, 11) is 0. The number of aliphatic carboxylic acids is 1. The Kier molecular flexibility index (Phi) is 6.94. The van der Waals surface area contributed by atoms with Crippen LogP contribution >= 0.6 is 11.3 Å². The highest BCUT2D eigenvalue weighted by Crippen LogP contribution is 2.26. The maximum Gasteiger partial charge on any atom is 0.323 e. The summed E-state index contributed by atoms with van der Waals surface area (Å²) in [6, 6.07) is 7.56. The second kappa shape index (κ2) is 9.17. The van der Waals surface area contributed by atoms with Gasteiger partial charge in [0, 0.05) is 17.5 Å². The van der Waals surface area contributed by atoms with E-state index >= 15 is 0 Å². The number of nitrogens with zero attached hydrogens (tertiary/aromatic N) is 2. The zero-order valence-corrected chi connectivity index (χ0v) is 15.2. The van der Waals surface area contributed by atoms with E-state index in [2.05, 4.69) is 11.9 Å². The number of aromatic nitrogens is 1. The molecule has 1 N–H and O–H groups in total. The fourth-order valence-corrected chi connectivity index (χ4v) is 3.07. The molecule has 1 amide bonds. The van der Waals surface area contributed by atoms with Gasteiger partial charge in [-0.15, -0.1) is 11.3 Å². The molecule has 2 rings (SSSR count). The third-order valence-electron chi connectivity index (χ3n) is 3.40. The quantitative estimate of drug-likeness (QED) is 0.738. The van der Waals surface area contributed by atoms with Gasteiger partial charge in [-0.25, -0.2) is 4.98 Å². The minimum atomic E-state index is -1.03. The Hall–Kier alpha value is -2.41. The first-order valence-electron chi connectivity index (χ1n) is 8.25. The largest absolute Gasteiger partial charge is 0.494 e. The summed E-state index contributed by atoms with van der Waals surface area (Å²) >= 11 is 1.36. The third-order valence-corrected chi connectivity index (χ3v) is 4.30. The van der Waals surface area contributed by atoms with E-state index in [1.165, 1.54) is 16.2 Å². The maximum atomic E-state index is 12.5. The Morgan fingerprint density at radius 3 is 2.52 bits per heavy atom. The number of hydrogen-bond donors (Lipinski definition) is 1. The summed E-state index contributed by atoms with van der Waals surface area (Å²) in [6.45, 7) is 4.70. The van der Waals surface area contributed by atoms with Crippen LogP contribution in [0.2, 0.25) is 0 Å². The molecular weight excluding hydrogens is 340 g/mol. The molecule has 0 spiro atoms. The first-order valence-corrected chi connectivity index (χ1v) is 9.13. The molecule has 0 aliphatic rings. The lowest BCUT2D eigenvalue weighted by Gasteiger charge is -2.18. The monoisotopic (exact) mass is 362 g/mol. The van der Waals surface area contributed by atoms with Gasteiger partial charge in [-0.05, 0) is 37.1 Å². The average Bonchev–Trinajstić information content (AvgIpc) is 3.09. The van der Waals surface area contributed by atoms with Crippen LogP contribution in [0.4, 0.5) is 0 Å². The summed E-state index contributed by atoms with van der Waals surface area (Å²) in [6.07, 6.45) is 1.64. The molecular formula is C18H22N2O4S. The number of carbonyl (C=O) groups is 2. The van der Waals surface area contributed by atoms with Gasteiger partial charge in [-0.2, -0.15) is 0 Å². The van der Waals surface area contributed by atoms with Crippen molar-refractivity contribution in [3.8, 4) is 16.3 Å². The summed E-state index contributed by atoms with van der Waals surface area (Å²) in [4.78, 5) is 29.1. The van der Waals surface area contributed by atoms with E-state index in [1.807, 2.05) is 31.2 Å². The van der Waals surface area contributed by atoms with Crippen molar-refractivity contribution >= 4 is 23.2 Å². The van der Waals surface area contributed by atoms with Crippen molar-refractivity contribution in [1.29, 1.82) is 0 Å². The van der Waals surface area contributed by atoms with E-state index in [4.69, 9.17) is 9.84 Å². The topological polar surface area (TPSA) is 79.7 Å². The molecule has 0 atom stereocenters. The Bertz CT molecular complexity index is 712. The van der Waals surface area contributed by atoms with E-state index in [1.54, 1.807) is 5.38 Å². The summed E-state index contributed by atoms with van der Waals surface area (Å²) in [5.41, 5.74) is 1.18. The van der Waals surface area contributed by atoms with Crippen LogP contribution in [0, 0.1) is 0 Å². The molecule has 6 nitrogen and oxygen atoms in total. The van der Waals surface area contributed by atoms with Crippen LogP contribution in [-0.2, 0) is 4.79 Å². The molecule has 0 bridgehead atoms. The number of thiazole rings is 1. The van der Waals surface area contributed by atoms with Gasteiger partial charge in [0.2, 0.25) is 0 Å².